The third-order valence-electron chi connectivity index (χ3n) is 4.66. The molecule has 118 valence electrons. The first kappa shape index (κ1) is 14.2. The number of fused-ring (bicyclic) bond motifs is 1. The highest BCUT2D eigenvalue weighted by Crippen LogP contribution is 2.27. The van der Waals surface area contributed by atoms with Crippen LogP contribution in [-0.4, -0.2) is 53.1 Å². The van der Waals surface area contributed by atoms with Crippen LogP contribution in [0.5, 0.6) is 0 Å². The van der Waals surface area contributed by atoms with Gasteiger partial charge in [-0.05, 0) is 38.7 Å². The maximum atomic E-state index is 4.70. The molecule has 0 aliphatic carbocycles. The molecule has 5 nitrogen and oxygen atoms in total. The van der Waals surface area contributed by atoms with E-state index in [1.54, 1.807) is 0 Å². The van der Waals surface area contributed by atoms with E-state index >= 15 is 0 Å². The van der Waals surface area contributed by atoms with Gasteiger partial charge in [-0.25, -0.2) is 9.97 Å². The van der Waals surface area contributed by atoms with Crippen molar-refractivity contribution in [2.24, 2.45) is 0 Å². The molecular formula is C18H21N5. The molecule has 1 fully saturated rings. The third kappa shape index (κ3) is 2.68. The minimum Gasteiger partial charge on any atom is -0.370 e. The van der Waals surface area contributed by atoms with E-state index in [0.717, 1.165) is 35.5 Å². The van der Waals surface area contributed by atoms with Gasteiger partial charge in [0, 0.05) is 36.6 Å². The first-order chi connectivity index (χ1) is 11.2. The quantitative estimate of drug-likeness (QED) is 0.808. The Balaban J connectivity index is 1.63. The molecule has 0 amide bonds. The molecular weight excluding hydrogens is 286 g/mol. The fraction of sp³-hybridized carbons (Fsp3) is 0.333. The topological polar surface area (TPSA) is 48.0 Å². The van der Waals surface area contributed by atoms with Gasteiger partial charge in [-0.1, -0.05) is 12.1 Å². The molecule has 0 spiro atoms. The molecule has 0 saturated carbocycles. The summed E-state index contributed by atoms with van der Waals surface area (Å²) < 4.78 is 0. The van der Waals surface area contributed by atoms with Crippen LogP contribution in [0.25, 0.3) is 22.4 Å². The van der Waals surface area contributed by atoms with E-state index in [9.17, 15) is 0 Å². The molecule has 23 heavy (non-hydrogen) atoms. The van der Waals surface area contributed by atoms with Crippen molar-refractivity contribution in [2.75, 3.05) is 32.1 Å². The molecule has 3 aromatic rings. The van der Waals surface area contributed by atoms with Gasteiger partial charge in [0.05, 0.1) is 11.9 Å². The molecule has 4 rings (SSSR count). The molecule has 5 heteroatoms. The van der Waals surface area contributed by atoms with Crippen LogP contribution in [0.4, 0.5) is 5.69 Å². The molecule has 3 heterocycles. The van der Waals surface area contributed by atoms with Crippen LogP contribution < -0.4 is 4.90 Å². The fourth-order valence-corrected chi connectivity index (χ4v) is 3.23. The predicted molar refractivity (Wildman–Crippen MR) is 93.6 cm³/mol. The maximum absolute atomic E-state index is 4.70. The second kappa shape index (κ2) is 5.66. The third-order valence-corrected chi connectivity index (χ3v) is 4.66. The fourth-order valence-electron chi connectivity index (χ4n) is 3.23. The number of hydrogen-bond donors (Lipinski definition) is 1. The first-order valence-corrected chi connectivity index (χ1v) is 8.02. The molecule has 1 saturated heterocycles. The summed E-state index contributed by atoms with van der Waals surface area (Å²) in [5.41, 5.74) is 5.04. The van der Waals surface area contributed by atoms with Gasteiger partial charge in [-0.15, -0.1) is 0 Å². The molecule has 1 aliphatic rings. The Labute approximate surface area is 136 Å². The summed E-state index contributed by atoms with van der Waals surface area (Å²) in [7, 11) is 4.32. The Morgan fingerprint density at radius 2 is 2.17 bits per heavy atom. The van der Waals surface area contributed by atoms with Gasteiger partial charge in [-0.3, -0.25) is 0 Å². The highest BCUT2D eigenvalue weighted by atomic mass is 15.2. The number of anilines is 1. The molecule has 1 N–H and O–H groups in total. The number of benzene rings is 1. The highest BCUT2D eigenvalue weighted by molar-refractivity contribution is 5.75. The lowest BCUT2D eigenvalue weighted by atomic mass is 10.1. The second-order valence-corrected chi connectivity index (χ2v) is 6.37. The standard InChI is InChI=1S/C18H21N5/c1-22(2)15-7-9-23(12-15)14-5-3-4-13(10-14)17-11-20-18-16(21-17)6-8-19-18/h3-6,8,10-11,15H,7,9,12H2,1-2H3,(H,19,20). The normalized spacial score (nSPS) is 18.2. The van der Waals surface area contributed by atoms with Gasteiger partial charge in [0.15, 0.2) is 5.65 Å². The van der Waals surface area contributed by atoms with E-state index in [2.05, 4.69) is 58.1 Å². The zero-order valence-electron chi connectivity index (χ0n) is 13.5. The first-order valence-electron chi connectivity index (χ1n) is 8.02. The zero-order valence-corrected chi connectivity index (χ0v) is 13.5. The summed E-state index contributed by atoms with van der Waals surface area (Å²) in [5, 5.41) is 0. The van der Waals surface area contributed by atoms with Crippen LogP contribution >= 0.6 is 0 Å². The Hall–Kier alpha value is -2.40. The monoisotopic (exact) mass is 307 g/mol. The molecule has 1 unspecified atom stereocenters. The largest absolute Gasteiger partial charge is 0.370 e. The lowest BCUT2D eigenvalue weighted by Gasteiger charge is -2.22. The van der Waals surface area contributed by atoms with Crippen molar-refractivity contribution in [3.8, 4) is 11.3 Å². The SMILES string of the molecule is CN(C)C1CCN(c2cccc(-c3cnc4[nH]ccc4n3)c2)C1. The maximum Gasteiger partial charge on any atom is 0.156 e. The number of hydrogen-bond acceptors (Lipinski definition) is 4. The van der Waals surface area contributed by atoms with E-state index in [1.165, 1.54) is 12.1 Å². The summed E-state index contributed by atoms with van der Waals surface area (Å²) in [6.07, 6.45) is 4.92. The summed E-state index contributed by atoms with van der Waals surface area (Å²) >= 11 is 0. The van der Waals surface area contributed by atoms with Gasteiger partial charge in [-0.2, -0.15) is 0 Å². The van der Waals surface area contributed by atoms with E-state index in [-0.39, 0.29) is 0 Å². The minimum atomic E-state index is 0.634. The minimum absolute atomic E-state index is 0.634. The molecule has 1 atom stereocenters. The van der Waals surface area contributed by atoms with Crippen LogP contribution in [0.2, 0.25) is 0 Å². The zero-order chi connectivity index (χ0) is 15.8. The summed E-state index contributed by atoms with van der Waals surface area (Å²) in [4.78, 5) is 17.0. The van der Waals surface area contributed by atoms with Crippen LogP contribution in [0, 0.1) is 0 Å². The van der Waals surface area contributed by atoms with Crippen LogP contribution in [0.3, 0.4) is 0 Å². The lowest BCUT2D eigenvalue weighted by molar-refractivity contribution is 0.315. The van der Waals surface area contributed by atoms with Crippen molar-refractivity contribution >= 4 is 16.9 Å². The van der Waals surface area contributed by atoms with Crippen LogP contribution in [0.15, 0.2) is 42.7 Å². The molecule has 1 aromatic carbocycles. The average molecular weight is 307 g/mol. The van der Waals surface area contributed by atoms with E-state index < -0.39 is 0 Å². The number of aromatic nitrogens is 3. The molecule has 0 radical (unpaired) electrons. The van der Waals surface area contributed by atoms with Crippen molar-refractivity contribution in [1.82, 2.24) is 19.9 Å². The number of nitrogens with zero attached hydrogens (tertiary/aromatic N) is 4. The Bertz CT molecular complexity index is 823. The van der Waals surface area contributed by atoms with Gasteiger partial charge >= 0.3 is 0 Å². The van der Waals surface area contributed by atoms with Gasteiger partial charge < -0.3 is 14.8 Å². The van der Waals surface area contributed by atoms with Crippen LogP contribution in [-0.2, 0) is 0 Å². The van der Waals surface area contributed by atoms with Gasteiger partial charge in [0.1, 0.15) is 5.52 Å². The Kier molecular flexibility index (Phi) is 3.50. The van der Waals surface area contributed by atoms with Crippen LogP contribution in [0.1, 0.15) is 6.42 Å². The van der Waals surface area contributed by atoms with Crippen molar-refractivity contribution in [3.05, 3.63) is 42.7 Å². The number of aromatic amines is 1. The lowest BCUT2D eigenvalue weighted by Crippen LogP contribution is -2.31. The van der Waals surface area contributed by atoms with Gasteiger partial charge in [0.25, 0.3) is 0 Å². The summed E-state index contributed by atoms with van der Waals surface area (Å²) in [6.45, 7) is 2.19. The number of rotatable bonds is 3. The van der Waals surface area contributed by atoms with Gasteiger partial charge in [0.2, 0.25) is 0 Å². The average Bonchev–Trinajstić information content (AvgIpc) is 3.23. The smallest absolute Gasteiger partial charge is 0.156 e. The Morgan fingerprint density at radius 3 is 3.00 bits per heavy atom. The van der Waals surface area contributed by atoms with Crippen molar-refractivity contribution < 1.29 is 0 Å². The Morgan fingerprint density at radius 1 is 1.26 bits per heavy atom. The molecule has 2 aromatic heterocycles. The second-order valence-electron chi connectivity index (χ2n) is 6.37. The highest BCUT2D eigenvalue weighted by Gasteiger charge is 2.24. The van der Waals surface area contributed by atoms with Crippen molar-refractivity contribution in [3.63, 3.8) is 0 Å². The number of likely N-dealkylation sites (N-methyl/N-ethyl adjacent to an activating group) is 1. The molecule has 0 bridgehead atoms. The van der Waals surface area contributed by atoms with Crippen molar-refractivity contribution in [1.29, 1.82) is 0 Å². The summed E-state index contributed by atoms with van der Waals surface area (Å²) in [6, 6.07) is 11.2. The predicted octanol–water partition coefficient (Wildman–Crippen LogP) is 2.77. The summed E-state index contributed by atoms with van der Waals surface area (Å²) in [5.74, 6) is 0. The van der Waals surface area contributed by atoms with Crippen molar-refractivity contribution in [2.45, 2.75) is 12.5 Å². The van der Waals surface area contributed by atoms with E-state index in [1.807, 2.05) is 18.5 Å². The van der Waals surface area contributed by atoms with E-state index in [4.69, 9.17) is 4.98 Å². The molecule has 1 aliphatic heterocycles. The number of nitrogens with one attached hydrogen (secondary N) is 1. The van der Waals surface area contributed by atoms with E-state index in [0.29, 0.717) is 6.04 Å². The number of H-pyrrole nitrogens is 1.